The van der Waals surface area contributed by atoms with Crippen LogP contribution in [0.1, 0.15) is 11.1 Å². The molecule has 1 aliphatic heterocycles. The second-order valence-electron chi connectivity index (χ2n) is 5.79. The zero-order valence-corrected chi connectivity index (χ0v) is 13.5. The lowest BCUT2D eigenvalue weighted by atomic mass is 10.1. The van der Waals surface area contributed by atoms with Gasteiger partial charge in [-0.05, 0) is 43.2 Å². The van der Waals surface area contributed by atoms with Gasteiger partial charge in [-0.3, -0.25) is 4.79 Å². The monoisotopic (exact) mass is 311 g/mol. The summed E-state index contributed by atoms with van der Waals surface area (Å²) in [6, 6.07) is 8.11. The molecule has 0 saturated carbocycles. The van der Waals surface area contributed by atoms with Crippen molar-refractivity contribution in [2.24, 2.45) is 0 Å². The lowest BCUT2D eigenvalue weighted by molar-refractivity contribution is -0.118. The Balaban J connectivity index is 1.72. The van der Waals surface area contributed by atoms with Gasteiger partial charge < -0.3 is 15.1 Å². The highest BCUT2D eigenvalue weighted by Crippen LogP contribution is 2.19. The fourth-order valence-corrected chi connectivity index (χ4v) is 2.59. The first-order valence-corrected chi connectivity index (χ1v) is 7.77. The van der Waals surface area contributed by atoms with Crippen LogP contribution in [0.25, 0.3) is 0 Å². The van der Waals surface area contributed by atoms with Gasteiger partial charge in [0.2, 0.25) is 12.4 Å². The molecule has 1 aromatic heterocycles. The predicted octanol–water partition coefficient (Wildman–Crippen LogP) is 2.12. The first kappa shape index (κ1) is 15.3. The molecule has 1 aliphatic rings. The number of benzene rings is 1. The summed E-state index contributed by atoms with van der Waals surface area (Å²) >= 11 is 0. The number of nitrogens with zero attached hydrogens (tertiary/aromatic N) is 4. The van der Waals surface area contributed by atoms with E-state index in [1.807, 2.05) is 12.1 Å². The highest BCUT2D eigenvalue weighted by Gasteiger charge is 2.17. The van der Waals surface area contributed by atoms with E-state index in [-0.39, 0.29) is 0 Å². The second-order valence-corrected chi connectivity index (χ2v) is 5.79. The van der Waals surface area contributed by atoms with E-state index in [9.17, 15) is 4.79 Å². The van der Waals surface area contributed by atoms with Crippen molar-refractivity contribution in [3.63, 3.8) is 0 Å². The van der Waals surface area contributed by atoms with Gasteiger partial charge in [-0.1, -0.05) is 6.07 Å². The zero-order chi connectivity index (χ0) is 16.2. The number of carbonyl (C=O) groups excluding carboxylic acids is 1. The Morgan fingerprint density at radius 3 is 2.57 bits per heavy atom. The number of hydrogen-bond acceptors (Lipinski definition) is 5. The number of nitrogens with one attached hydrogen (secondary N) is 1. The molecule has 6 nitrogen and oxygen atoms in total. The Hall–Kier alpha value is -2.63. The summed E-state index contributed by atoms with van der Waals surface area (Å²) < 4.78 is 0. The highest BCUT2D eigenvalue weighted by molar-refractivity contribution is 5.57. The van der Waals surface area contributed by atoms with Crippen LogP contribution in [0.5, 0.6) is 0 Å². The number of amides is 1. The van der Waals surface area contributed by atoms with Gasteiger partial charge in [0, 0.05) is 38.1 Å². The van der Waals surface area contributed by atoms with Gasteiger partial charge in [0.25, 0.3) is 0 Å². The maximum atomic E-state index is 10.8. The van der Waals surface area contributed by atoms with Crippen molar-refractivity contribution in [1.29, 1.82) is 0 Å². The quantitative estimate of drug-likeness (QED) is 0.876. The molecular weight excluding hydrogens is 290 g/mol. The summed E-state index contributed by atoms with van der Waals surface area (Å²) in [5, 5.41) is 3.26. The van der Waals surface area contributed by atoms with Gasteiger partial charge in [-0.2, -0.15) is 4.98 Å². The van der Waals surface area contributed by atoms with Crippen molar-refractivity contribution in [2.45, 2.75) is 13.8 Å². The van der Waals surface area contributed by atoms with E-state index in [4.69, 9.17) is 0 Å². The van der Waals surface area contributed by atoms with E-state index in [2.05, 4.69) is 46.2 Å². The molecule has 1 amide bonds. The molecule has 23 heavy (non-hydrogen) atoms. The fourth-order valence-electron chi connectivity index (χ4n) is 2.59. The molecule has 0 spiro atoms. The minimum atomic E-state index is 0.587. The van der Waals surface area contributed by atoms with Gasteiger partial charge in [0.1, 0.15) is 5.82 Å². The summed E-state index contributed by atoms with van der Waals surface area (Å²) in [4.78, 5) is 23.6. The van der Waals surface area contributed by atoms with E-state index < -0.39 is 0 Å². The topological polar surface area (TPSA) is 61.4 Å². The average molecular weight is 311 g/mol. The van der Waals surface area contributed by atoms with E-state index in [1.165, 1.54) is 11.1 Å². The average Bonchev–Trinajstić information content (AvgIpc) is 2.58. The maximum Gasteiger partial charge on any atom is 0.229 e. The molecule has 1 fully saturated rings. The van der Waals surface area contributed by atoms with Gasteiger partial charge in [0.15, 0.2) is 0 Å². The van der Waals surface area contributed by atoms with Crippen molar-refractivity contribution in [2.75, 3.05) is 36.4 Å². The summed E-state index contributed by atoms with van der Waals surface area (Å²) in [6.45, 7) is 7.22. The SMILES string of the molecule is Cc1ccc(Nc2nccc(N3CCN(C=O)CC3)n2)cc1C. The van der Waals surface area contributed by atoms with Gasteiger partial charge >= 0.3 is 0 Å². The molecule has 1 aromatic carbocycles. The molecule has 3 rings (SSSR count). The van der Waals surface area contributed by atoms with Crippen LogP contribution in [0.4, 0.5) is 17.5 Å². The number of aryl methyl sites for hydroxylation is 2. The number of hydrogen-bond donors (Lipinski definition) is 1. The van der Waals surface area contributed by atoms with E-state index >= 15 is 0 Å². The Labute approximate surface area is 136 Å². The van der Waals surface area contributed by atoms with Crippen molar-refractivity contribution < 1.29 is 4.79 Å². The Morgan fingerprint density at radius 2 is 1.87 bits per heavy atom. The second kappa shape index (κ2) is 6.64. The molecule has 0 radical (unpaired) electrons. The van der Waals surface area contributed by atoms with E-state index in [0.717, 1.165) is 44.1 Å². The molecule has 2 heterocycles. The van der Waals surface area contributed by atoms with Crippen LogP contribution < -0.4 is 10.2 Å². The van der Waals surface area contributed by atoms with Gasteiger partial charge in [0.05, 0.1) is 0 Å². The summed E-state index contributed by atoms with van der Waals surface area (Å²) in [5.41, 5.74) is 3.48. The number of anilines is 3. The van der Waals surface area contributed by atoms with Crippen LogP contribution in [-0.4, -0.2) is 47.5 Å². The standard InChI is InChI=1S/C17H21N5O/c1-13-3-4-15(11-14(13)2)19-17-18-6-5-16(20-17)22-9-7-21(12-23)8-10-22/h3-6,11-12H,7-10H2,1-2H3,(H,18,19,20). The minimum absolute atomic E-state index is 0.587. The normalized spacial score (nSPS) is 14.7. The summed E-state index contributed by atoms with van der Waals surface area (Å²) in [6.07, 6.45) is 2.67. The Morgan fingerprint density at radius 1 is 1.09 bits per heavy atom. The predicted molar refractivity (Wildman–Crippen MR) is 91.1 cm³/mol. The van der Waals surface area contributed by atoms with Gasteiger partial charge in [-0.15, -0.1) is 0 Å². The van der Waals surface area contributed by atoms with E-state index in [1.54, 1.807) is 11.1 Å². The van der Waals surface area contributed by atoms with Gasteiger partial charge in [-0.25, -0.2) is 4.98 Å². The van der Waals surface area contributed by atoms with Crippen LogP contribution in [0, 0.1) is 13.8 Å². The van der Waals surface area contributed by atoms with Crippen LogP contribution in [0.15, 0.2) is 30.5 Å². The van der Waals surface area contributed by atoms with Crippen molar-refractivity contribution >= 4 is 23.9 Å². The molecule has 0 atom stereocenters. The Kier molecular flexibility index (Phi) is 4.41. The van der Waals surface area contributed by atoms with Crippen LogP contribution in [0.3, 0.4) is 0 Å². The van der Waals surface area contributed by atoms with Crippen LogP contribution in [0.2, 0.25) is 0 Å². The van der Waals surface area contributed by atoms with Crippen LogP contribution >= 0.6 is 0 Å². The number of piperazine rings is 1. The number of rotatable bonds is 4. The fraction of sp³-hybridized carbons (Fsp3) is 0.353. The maximum absolute atomic E-state index is 10.8. The lowest BCUT2D eigenvalue weighted by Crippen LogP contribution is -2.46. The third kappa shape index (κ3) is 3.59. The molecule has 6 heteroatoms. The van der Waals surface area contributed by atoms with Crippen LogP contribution in [-0.2, 0) is 4.79 Å². The minimum Gasteiger partial charge on any atom is -0.353 e. The first-order chi connectivity index (χ1) is 11.2. The largest absolute Gasteiger partial charge is 0.353 e. The third-order valence-corrected chi connectivity index (χ3v) is 4.19. The smallest absolute Gasteiger partial charge is 0.229 e. The molecular formula is C17H21N5O. The number of carbonyl (C=O) groups is 1. The summed E-state index contributed by atoms with van der Waals surface area (Å²) in [5.74, 6) is 1.47. The van der Waals surface area contributed by atoms with Crippen molar-refractivity contribution in [3.05, 3.63) is 41.6 Å². The first-order valence-electron chi connectivity index (χ1n) is 7.77. The molecule has 0 unspecified atom stereocenters. The number of aromatic nitrogens is 2. The zero-order valence-electron chi connectivity index (χ0n) is 13.5. The Bertz CT molecular complexity index is 695. The van der Waals surface area contributed by atoms with Crippen molar-refractivity contribution in [3.8, 4) is 0 Å². The summed E-state index contributed by atoms with van der Waals surface area (Å²) in [7, 11) is 0. The molecule has 0 bridgehead atoms. The molecule has 120 valence electrons. The highest BCUT2D eigenvalue weighted by atomic mass is 16.1. The molecule has 0 aliphatic carbocycles. The lowest BCUT2D eigenvalue weighted by Gasteiger charge is -2.33. The van der Waals surface area contributed by atoms with E-state index in [0.29, 0.717) is 5.95 Å². The molecule has 1 N–H and O–H groups in total. The molecule has 2 aromatic rings. The molecule has 1 saturated heterocycles. The van der Waals surface area contributed by atoms with Crippen molar-refractivity contribution in [1.82, 2.24) is 14.9 Å². The third-order valence-electron chi connectivity index (χ3n) is 4.19.